The number of aromatic hydroxyl groups is 2. The highest BCUT2D eigenvalue weighted by atomic mass is 16.4. The maximum atomic E-state index is 10.8. The molecule has 0 atom stereocenters. The Morgan fingerprint density at radius 1 is 1.36 bits per heavy atom. The Balaban J connectivity index is 3.30. The number of carboxylic acids is 1. The summed E-state index contributed by atoms with van der Waals surface area (Å²) in [5, 5.41) is 27.3. The molecule has 0 amide bonds. The van der Waals surface area contributed by atoms with E-state index in [1.807, 2.05) is 6.92 Å². The maximum absolute atomic E-state index is 10.8. The molecule has 14 heavy (non-hydrogen) atoms. The molecular formula is C10H12O4. The van der Waals surface area contributed by atoms with Gasteiger partial charge in [0.2, 0.25) is 0 Å². The van der Waals surface area contributed by atoms with Crippen molar-refractivity contribution in [3.05, 3.63) is 23.3 Å². The minimum Gasteiger partial charge on any atom is -0.504 e. The largest absolute Gasteiger partial charge is 0.504 e. The standard InChI is InChI=1S/C10H12O4/c1-2-3-6-4-5-7(11)9(12)8(6)10(13)14/h4-5,11-12H,2-3H2,1H3,(H,13,14). The van der Waals surface area contributed by atoms with Gasteiger partial charge in [-0.3, -0.25) is 0 Å². The summed E-state index contributed by atoms with van der Waals surface area (Å²) >= 11 is 0. The molecule has 0 aliphatic heterocycles. The Kier molecular flexibility index (Phi) is 2.96. The smallest absolute Gasteiger partial charge is 0.339 e. The number of carboxylic acid groups (broad SMARTS) is 1. The molecule has 0 aliphatic rings. The molecule has 0 bridgehead atoms. The molecule has 0 unspecified atom stereocenters. The summed E-state index contributed by atoms with van der Waals surface area (Å²) in [4.78, 5) is 10.8. The molecular weight excluding hydrogens is 184 g/mol. The van der Waals surface area contributed by atoms with Crippen LogP contribution in [-0.2, 0) is 6.42 Å². The number of phenols is 2. The van der Waals surface area contributed by atoms with E-state index in [0.717, 1.165) is 6.42 Å². The summed E-state index contributed by atoms with van der Waals surface area (Å²) in [6.07, 6.45) is 1.35. The predicted molar refractivity (Wildman–Crippen MR) is 50.7 cm³/mol. The molecule has 0 fully saturated rings. The van der Waals surface area contributed by atoms with Gasteiger partial charge in [0, 0.05) is 0 Å². The van der Waals surface area contributed by atoms with E-state index in [1.54, 1.807) is 0 Å². The first-order chi connectivity index (χ1) is 6.57. The lowest BCUT2D eigenvalue weighted by Crippen LogP contribution is -2.02. The molecule has 1 aromatic carbocycles. The monoisotopic (exact) mass is 196 g/mol. The summed E-state index contributed by atoms with van der Waals surface area (Å²) in [6.45, 7) is 1.91. The molecule has 1 rings (SSSR count). The Morgan fingerprint density at radius 2 is 2.00 bits per heavy atom. The number of hydrogen-bond acceptors (Lipinski definition) is 3. The molecule has 4 heteroatoms. The van der Waals surface area contributed by atoms with Crippen molar-refractivity contribution in [3.8, 4) is 11.5 Å². The number of phenolic OH excluding ortho intramolecular Hbond substituents is 1. The highest BCUT2D eigenvalue weighted by Crippen LogP contribution is 2.31. The van der Waals surface area contributed by atoms with Crippen molar-refractivity contribution in [1.29, 1.82) is 0 Å². The zero-order chi connectivity index (χ0) is 10.7. The highest BCUT2D eigenvalue weighted by molar-refractivity contribution is 5.93. The average Bonchev–Trinajstić information content (AvgIpc) is 2.11. The third-order valence-corrected chi connectivity index (χ3v) is 1.98. The van der Waals surface area contributed by atoms with Crippen molar-refractivity contribution in [3.63, 3.8) is 0 Å². The summed E-state index contributed by atoms with van der Waals surface area (Å²) in [5.41, 5.74) is 0.335. The van der Waals surface area contributed by atoms with Gasteiger partial charge in [-0.15, -0.1) is 0 Å². The third-order valence-electron chi connectivity index (χ3n) is 1.98. The second-order valence-electron chi connectivity index (χ2n) is 3.02. The van der Waals surface area contributed by atoms with E-state index < -0.39 is 17.5 Å². The van der Waals surface area contributed by atoms with E-state index in [9.17, 15) is 9.90 Å². The highest BCUT2D eigenvalue weighted by Gasteiger charge is 2.17. The van der Waals surface area contributed by atoms with Gasteiger partial charge in [0.25, 0.3) is 0 Å². The number of hydrogen-bond donors (Lipinski definition) is 3. The topological polar surface area (TPSA) is 77.8 Å². The number of benzene rings is 1. The normalized spacial score (nSPS) is 10.1. The van der Waals surface area contributed by atoms with Crippen LogP contribution in [0.5, 0.6) is 11.5 Å². The van der Waals surface area contributed by atoms with Crippen LogP contribution in [0.3, 0.4) is 0 Å². The fraction of sp³-hybridized carbons (Fsp3) is 0.300. The van der Waals surface area contributed by atoms with Gasteiger partial charge in [-0.25, -0.2) is 4.79 Å². The maximum Gasteiger partial charge on any atom is 0.339 e. The van der Waals surface area contributed by atoms with Gasteiger partial charge in [0.1, 0.15) is 5.56 Å². The number of rotatable bonds is 3. The number of carbonyl (C=O) groups is 1. The van der Waals surface area contributed by atoms with Crippen molar-refractivity contribution in [2.45, 2.75) is 19.8 Å². The van der Waals surface area contributed by atoms with E-state index in [-0.39, 0.29) is 5.56 Å². The van der Waals surface area contributed by atoms with E-state index in [1.165, 1.54) is 12.1 Å². The molecule has 3 N–H and O–H groups in total. The van der Waals surface area contributed by atoms with Gasteiger partial charge in [0.05, 0.1) is 0 Å². The van der Waals surface area contributed by atoms with E-state index in [2.05, 4.69) is 0 Å². The lowest BCUT2D eigenvalue weighted by Gasteiger charge is -2.07. The molecule has 0 aliphatic carbocycles. The van der Waals surface area contributed by atoms with Crippen LogP contribution in [0, 0.1) is 0 Å². The molecule has 0 heterocycles. The van der Waals surface area contributed by atoms with Crippen LogP contribution in [0.25, 0.3) is 0 Å². The third kappa shape index (κ3) is 1.79. The van der Waals surface area contributed by atoms with E-state index in [4.69, 9.17) is 10.2 Å². The van der Waals surface area contributed by atoms with Crippen LogP contribution in [0.2, 0.25) is 0 Å². The van der Waals surface area contributed by atoms with Crippen molar-refractivity contribution < 1.29 is 20.1 Å². The van der Waals surface area contributed by atoms with Crippen LogP contribution in [0.4, 0.5) is 0 Å². The summed E-state index contributed by atoms with van der Waals surface area (Å²) in [7, 11) is 0. The Bertz CT molecular complexity index is 357. The Morgan fingerprint density at radius 3 is 2.50 bits per heavy atom. The fourth-order valence-electron chi connectivity index (χ4n) is 1.34. The van der Waals surface area contributed by atoms with Gasteiger partial charge in [0.15, 0.2) is 11.5 Å². The average molecular weight is 196 g/mol. The first-order valence-electron chi connectivity index (χ1n) is 4.35. The molecule has 0 aromatic heterocycles. The number of aromatic carboxylic acids is 1. The Hall–Kier alpha value is -1.71. The summed E-state index contributed by atoms with van der Waals surface area (Å²) in [5.74, 6) is -2.17. The van der Waals surface area contributed by atoms with Crippen molar-refractivity contribution in [2.24, 2.45) is 0 Å². The lowest BCUT2D eigenvalue weighted by molar-refractivity contribution is 0.0691. The van der Waals surface area contributed by atoms with Crippen LogP contribution in [0.15, 0.2) is 12.1 Å². The molecule has 4 nitrogen and oxygen atoms in total. The molecule has 0 radical (unpaired) electrons. The summed E-state index contributed by atoms with van der Waals surface area (Å²) < 4.78 is 0. The first-order valence-corrected chi connectivity index (χ1v) is 4.35. The van der Waals surface area contributed by atoms with Crippen LogP contribution < -0.4 is 0 Å². The zero-order valence-corrected chi connectivity index (χ0v) is 7.82. The van der Waals surface area contributed by atoms with Gasteiger partial charge in [-0.1, -0.05) is 19.4 Å². The van der Waals surface area contributed by atoms with Crippen molar-refractivity contribution in [1.82, 2.24) is 0 Å². The molecule has 0 saturated heterocycles. The summed E-state index contributed by atoms with van der Waals surface area (Å²) in [6, 6.07) is 2.81. The Labute approximate surface area is 81.4 Å². The minimum atomic E-state index is -1.22. The lowest BCUT2D eigenvalue weighted by atomic mass is 10.0. The molecule has 0 spiro atoms. The molecule has 76 valence electrons. The second-order valence-corrected chi connectivity index (χ2v) is 3.02. The first kappa shape index (κ1) is 10.4. The van der Waals surface area contributed by atoms with Crippen LogP contribution in [0.1, 0.15) is 29.3 Å². The molecule has 1 aromatic rings. The predicted octanol–water partition coefficient (Wildman–Crippen LogP) is 1.75. The molecule has 0 saturated carbocycles. The quantitative estimate of drug-likeness (QED) is 0.643. The van der Waals surface area contributed by atoms with Crippen molar-refractivity contribution >= 4 is 5.97 Å². The number of aryl methyl sites for hydroxylation is 1. The van der Waals surface area contributed by atoms with E-state index in [0.29, 0.717) is 12.0 Å². The van der Waals surface area contributed by atoms with Crippen LogP contribution in [-0.4, -0.2) is 21.3 Å². The second kappa shape index (κ2) is 4.00. The van der Waals surface area contributed by atoms with Gasteiger partial charge in [-0.2, -0.15) is 0 Å². The fourth-order valence-corrected chi connectivity index (χ4v) is 1.34. The van der Waals surface area contributed by atoms with Gasteiger partial charge in [-0.05, 0) is 18.1 Å². The van der Waals surface area contributed by atoms with Gasteiger partial charge < -0.3 is 15.3 Å². The van der Waals surface area contributed by atoms with Crippen molar-refractivity contribution in [2.75, 3.05) is 0 Å². The minimum absolute atomic E-state index is 0.202. The van der Waals surface area contributed by atoms with Gasteiger partial charge >= 0.3 is 5.97 Å². The zero-order valence-electron chi connectivity index (χ0n) is 7.82. The van der Waals surface area contributed by atoms with E-state index >= 15 is 0 Å². The van der Waals surface area contributed by atoms with Crippen LogP contribution >= 0.6 is 0 Å². The SMILES string of the molecule is CCCc1ccc(O)c(O)c1C(=O)O.